The zero-order chi connectivity index (χ0) is 25.0. The van der Waals surface area contributed by atoms with Crippen LogP contribution in [-0.4, -0.2) is 71.5 Å². The van der Waals surface area contributed by atoms with Crippen molar-refractivity contribution < 1.29 is 22.7 Å². The molecule has 0 atom stereocenters. The van der Waals surface area contributed by atoms with Gasteiger partial charge in [0.2, 0.25) is 15.9 Å². The van der Waals surface area contributed by atoms with Crippen LogP contribution in [0.5, 0.6) is 5.75 Å². The normalized spacial score (nSPS) is 13.4. The minimum atomic E-state index is -3.79. The molecule has 1 rings (SSSR count). The number of ether oxygens (including phenoxy) is 2. The second-order valence-electron chi connectivity index (χ2n) is 7.82. The summed E-state index contributed by atoms with van der Waals surface area (Å²) < 4.78 is 38.1. The summed E-state index contributed by atoms with van der Waals surface area (Å²) in [6.07, 6.45) is 4.80. The lowest BCUT2D eigenvalue weighted by Crippen LogP contribution is -2.32. The van der Waals surface area contributed by atoms with E-state index < -0.39 is 10.0 Å². The number of carbonyl (C=O) groups excluding carboxylic acids is 1. The van der Waals surface area contributed by atoms with E-state index in [-0.39, 0.29) is 23.8 Å². The third-order valence-electron chi connectivity index (χ3n) is 4.87. The van der Waals surface area contributed by atoms with E-state index in [0.717, 1.165) is 12.3 Å². The molecule has 0 radical (unpaired) electrons. The molecule has 33 heavy (non-hydrogen) atoms. The number of rotatable bonds is 13. The molecule has 0 aliphatic rings. The van der Waals surface area contributed by atoms with Gasteiger partial charge in [0.1, 0.15) is 12.4 Å². The van der Waals surface area contributed by atoms with Gasteiger partial charge in [-0.05, 0) is 76.4 Å². The van der Waals surface area contributed by atoms with Crippen LogP contribution in [0.3, 0.4) is 0 Å². The van der Waals surface area contributed by atoms with Crippen LogP contribution in [0.2, 0.25) is 0 Å². The van der Waals surface area contributed by atoms with Crippen LogP contribution in [0.4, 0.5) is 5.69 Å². The van der Waals surface area contributed by atoms with Gasteiger partial charge in [0.05, 0.1) is 18.3 Å². The van der Waals surface area contributed by atoms with Gasteiger partial charge >= 0.3 is 0 Å². The molecule has 1 aromatic rings. The summed E-state index contributed by atoms with van der Waals surface area (Å²) in [7, 11) is 3.13. The summed E-state index contributed by atoms with van der Waals surface area (Å²) >= 11 is 0. The number of likely N-dealkylation sites (N-methyl/N-ethyl adjacent to an activating group) is 1. The van der Waals surface area contributed by atoms with Gasteiger partial charge in [0.15, 0.2) is 0 Å². The number of amides is 1. The molecule has 9 heteroatoms. The average Bonchev–Trinajstić information content (AvgIpc) is 2.76. The summed E-state index contributed by atoms with van der Waals surface area (Å²) in [5, 5.41) is 2.79. The number of nitrogens with one attached hydrogen (secondary N) is 1. The first-order valence-electron chi connectivity index (χ1n) is 10.7. The van der Waals surface area contributed by atoms with Crippen LogP contribution in [0.1, 0.15) is 27.2 Å². The molecule has 0 saturated heterocycles. The number of benzene rings is 1. The largest absolute Gasteiger partial charge is 0.504 e. The van der Waals surface area contributed by atoms with Gasteiger partial charge in [-0.25, -0.2) is 12.7 Å². The molecule has 0 fully saturated rings. The molecule has 0 aliphatic carbocycles. The standard InChI is InChI=1S/C24H37N3O5S/c1-8-19(2)24(20(3)14-17-31-7)33(29,30)27(6)15-13-23(28)25-21-9-11-22(12-10-21)32-18-16-26(4)5/h8-12,14,17H,13,15-16,18H2,1-7H3,(H,25,28)/b17-14+,19-8-,24-20+. The summed E-state index contributed by atoms with van der Waals surface area (Å²) in [5.41, 5.74) is 1.80. The van der Waals surface area contributed by atoms with Crippen LogP contribution >= 0.6 is 0 Å². The molecule has 0 bridgehead atoms. The van der Waals surface area contributed by atoms with Crippen molar-refractivity contribution in [2.75, 3.05) is 53.3 Å². The third-order valence-corrected chi connectivity index (χ3v) is 7.03. The van der Waals surface area contributed by atoms with Crippen molar-refractivity contribution in [3.8, 4) is 5.75 Å². The molecule has 0 spiro atoms. The Hall–Kier alpha value is -2.62. The number of hydrogen-bond donors (Lipinski definition) is 1. The quantitative estimate of drug-likeness (QED) is 0.343. The topological polar surface area (TPSA) is 88.2 Å². The Morgan fingerprint density at radius 1 is 1.09 bits per heavy atom. The Balaban J connectivity index is 2.77. The van der Waals surface area contributed by atoms with Gasteiger partial charge in [-0.15, -0.1) is 0 Å². The van der Waals surface area contributed by atoms with Crippen LogP contribution in [0.15, 0.2) is 58.7 Å². The maximum Gasteiger partial charge on any atom is 0.243 e. The second kappa shape index (κ2) is 13.8. The van der Waals surface area contributed by atoms with E-state index in [9.17, 15) is 13.2 Å². The van der Waals surface area contributed by atoms with Crippen LogP contribution in [0.25, 0.3) is 0 Å². The van der Waals surface area contributed by atoms with Crippen molar-refractivity contribution in [3.05, 3.63) is 58.7 Å². The summed E-state index contributed by atoms with van der Waals surface area (Å²) in [5.74, 6) is 0.444. The number of carbonyl (C=O) groups is 1. The van der Waals surface area contributed by atoms with E-state index >= 15 is 0 Å². The predicted molar refractivity (Wildman–Crippen MR) is 134 cm³/mol. The highest BCUT2D eigenvalue weighted by Gasteiger charge is 2.26. The van der Waals surface area contributed by atoms with Crippen molar-refractivity contribution in [1.29, 1.82) is 0 Å². The Bertz CT molecular complexity index is 964. The molecular formula is C24H37N3O5S. The Labute approximate surface area is 198 Å². The van der Waals surface area contributed by atoms with Crippen LogP contribution in [-0.2, 0) is 19.6 Å². The van der Waals surface area contributed by atoms with Crippen LogP contribution < -0.4 is 10.1 Å². The molecule has 8 nitrogen and oxygen atoms in total. The number of allylic oxidation sites excluding steroid dienone is 4. The second-order valence-corrected chi connectivity index (χ2v) is 9.80. The number of sulfonamides is 1. The first kappa shape index (κ1) is 28.4. The van der Waals surface area contributed by atoms with E-state index in [1.54, 1.807) is 57.2 Å². The first-order valence-corrected chi connectivity index (χ1v) is 12.1. The summed E-state index contributed by atoms with van der Waals surface area (Å²) in [6, 6.07) is 7.08. The highest BCUT2D eigenvalue weighted by atomic mass is 32.2. The summed E-state index contributed by atoms with van der Waals surface area (Å²) in [6.45, 7) is 6.66. The van der Waals surface area contributed by atoms with Crippen molar-refractivity contribution in [3.63, 3.8) is 0 Å². The zero-order valence-corrected chi connectivity index (χ0v) is 21.5. The van der Waals surface area contributed by atoms with Crippen molar-refractivity contribution >= 4 is 21.6 Å². The fourth-order valence-electron chi connectivity index (χ4n) is 2.83. The molecule has 1 N–H and O–H groups in total. The molecule has 1 aromatic carbocycles. The van der Waals surface area contributed by atoms with Gasteiger partial charge in [-0.3, -0.25) is 4.79 Å². The van der Waals surface area contributed by atoms with Gasteiger partial charge in [-0.2, -0.15) is 0 Å². The van der Waals surface area contributed by atoms with Gasteiger partial charge in [0, 0.05) is 32.2 Å². The van der Waals surface area contributed by atoms with Gasteiger partial charge in [-0.1, -0.05) is 6.08 Å². The fourth-order valence-corrected chi connectivity index (χ4v) is 4.48. The number of hydrogen-bond acceptors (Lipinski definition) is 6. The SMILES string of the molecule is C\C=C(C)/C(=C(C)\C=C\OC)S(=O)(=O)N(C)CCC(=O)Nc1ccc(OCCN(C)C)cc1. The number of nitrogens with zero attached hydrogens (tertiary/aromatic N) is 2. The number of anilines is 1. The minimum Gasteiger partial charge on any atom is -0.504 e. The number of methoxy groups -OCH3 is 1. The van der Waals surface area contributed by atoms with Gasteiger partial charge < -0.3 is 19.7 Å². The van der Waals surface area contributed by atoms with E-state index in [2.05, 4.69) is 5.32 Å². The van der Waals surface area contributed by atoms with Crippen molar-refractivity contribution in [1.82, 2.24) is 9.21 Å². The third kappa shape index (κ3) is 9.41. The average molecular weight is 480 g/mol. The van der Waals surface area contributed by atoms with E-state index in [1.165, 1.54) is 24.7 Å². The lowest BCUT2D eigenvalue weighted by Gasteiger charge is -2.21. The van der Waals surface area contributed by atoms with Crippen molar-refractivity contribution in [2.24, 2.45) is 0 Å². The van der Waals surface area contributed by atoms with Crippen LogP contribution in [0, 0.1) is 0 Å². The Morgan fingerprint density at radius 3 is 2.27 bits per heavy atom. The van der Waals surface area contributed by atoms with E-state index in [4.69, 9.17) is 9.47 Å². The van der Waals surface area contributed by atoms with E-state index in [1.807, 2.05) is 19.0 Å². The maximum atomic E-state index is 13.2. The molecule has 0 unspecified atom stereocenters. The van der Waals surface area contributed by atoms with Gasteiger partial charge in [0.25, 0.3) is 0 Å². The molecule has 0 aliphatic heterocycles. The van der Waals surface area contributed by atoms with Crippen molar-refractivity contribution in [2.45, 2.75) is 27.2 Å². The smallest absolute Gasteiger partial charge is 0.243 e. The highest BCUT2D eigenvalue weighted by molar-refractivity contribution is 7.93. The highest BCUT2D eigenvalue weighted by Crippen LogP contribution is 2.25. The molecule has 0 aromatic heterocycles. The molecule has 0 heterocycles. The molecule has 184 valence electrons. The minimum absolute atomic E-state index is 0.0198. The zero-order valence-electron chi connectivity index (χ0n) is 20.7. The Morgan fingerprint density at radius 2 is 1.73 bits per heavy atom. The van der Waals surface area contributed by atoms with E-state index in [0.29, 0.717) is 23.4 Å². The maximum absolute atomic E-state index is 13.2. The molecule has 1 amide bonds. The molecular weight excluding hydrogens is 442 g/mol. The molecule has 0 saturated carbocycles. The monoisotopic (exact) mass is 479 g/mol. The lowest BCUT2D eigenvalue weighted by atomic mass is 10.2. The summed E-state index contributed by atoms with van der Waals surface area (Å²) in [4.78, 5) is 14.6. The fraction of sp³-hybridized carbons (Fsp3) is 0.458. The Kier molecular flexibility index (Phi) is 11.9. The lowest BCUT2D eigenvalue weighted by molar-refractivity contribution is -0.116. The first-order chi connectivity index (χ1) is 15.5. The predicted octanol–water partition coefficient (Wildman–Crippen LogP) is 3.62.